The van der Waals surface area contributed by atoms with Gasteiger partial charge in [0.2, 0.25) is 0 Å². The van der Waals surface area contributed by atoms with Gasteiger partial charge in [-0.1, -0.05) is 19.1 Å². The number of para-hydroxylation sites is 1. The summed E-state index contributed by atoms with van der Waals surface area (Å²) in [5.41, 5.74) is 4.40. The molecule has 21 heavy (non-hydrogen) atoms. The van der Waals surface area contributed by atoms with Crippen LogP contribution in [0.5, 0.6) is 5.75 Å². The van der Waals surface area contributed by atoms with E-state index >= 15 is 0 Å². The molecule has 0 unspecified atom stereocenters. The average Bonchev–Trinajstić information content (AvgIpc) is 2.96. The van der Waals surface area contributed by atoms with Crippen molar-refractivity contribution in [2.45, 2.75) is 33.6 Å². The predicted molar refractivity (Wildman–Crippen MR) is 84.9 cm³/mol. The Morgan fingerprint density at radius 1 is 1.24 bits per heavy atom. The normalized spacial score (nSPS) is 12.9. The summed E-state index contributed by atoms with van der Waals surface area (Å²) in [5.74, 6) is 2.69. The lowest BCUT2D eigenvalue weighted by molar-refractivity contribution is 0.358. The molecule has 0 saturated carbocycles. The number of nitrogens with one attached hydrogen (secondary N) is 1. The van der Waals surface area contributed by atoms with E-state index in [4.69, 9.17) is 4.74 Å². The van der Waals surface area contributed by atoms with Gasteiger partial charge in [0.05, 0.1) is 12.3 Å². The number of nitrogens with zero attached hydrogens (tertiary/aromatic N) is 2. The number of rotatable bonds is 4. The van der Waals surface area contributed by atoms with E-state index in [1.807, 2.05) is 6.92 Å². The predicted octanol–water partition coefficient (Wildman–Crippen LogP) is 3.52. The van der Waals surface area contributed by atoms with Crippen molar-refractivity contribution < 1.29 is 4.74 Å². The van der Waals surface area contributed by atoms with Gasteiger partial charge in [0.15, 0.2) is 0 Å². The second-order valence-corrected chi connectivity index (χ2v) is 5.41. The quantitative estimate of drug-likeness (QED) is 0.932. The van der Waals surface area contributed by atoms with Crippen molar-refractivity contribution >= 4 is 5.82 Å². The molecule has 1 aliphatic heterocycles. The second kappa shape index (κ2) is 5.72. The minimum atomic E-state index is 0.760. The average molecular weight is 283 g/mol. The van der Waals surface area contributed by atoms with Gasteiger partial charge in [-0.3, -0.25) is 0 Å². The van der Waals surface area contributed by atoms with Crippen molar-refractivity contribution in [3.8, 4) is 17.0 Å². The monoisotopic (exact) mass is 283 g/mol. The molecule has 1 aromatic heterocycles. The van der Waals surface area contributed by atoms with E-state index < -0.39 is 0 Å². The molecular formula is C17H21N3O. The van der Waals surface area contributed by atoms with Crippen LogP contribution in [0.3, 0.4) is 0 Å². The smallest absolute Gasteiger partial charge is 0.133 e. The molecule has 0 atom stereocenters. The summed E-state index contributed by atoms with van der Waals surface area (Å²) < 4.78 is 5.82. The molecule has 2 aromatic rings. The molecule has 0 aliphatic carbocycles. The third-order valence-corrected chi connectivity index (χ3v) is 3.77. The first-order valence-electron chi connectivity index (χ1n) is 7.55. The van der Waals surface area contributed by atoms with E-state index in [-0.39, 0.29) is 0 Å². The molecule has 1 N–H and O–H groups in total. The molecule has 4 nitrogen and oxygen atoms in total. The maximum atomic E-state index is 5.82. The highest BCUT2D eigenvalue weighted by Gasteiger charge is 2.20. The van der Waals surface area contributed by atoms with Crippen molar-refractivity contribution in [1.82, 2.24) is 9.97 Å². The Bertz CT molecular complexity index is 667. The second-order valence-electron chi connectivity index (χ2n) is 5.41. The van der Waals surface area contributed by atoms with Crippen LogP contribution in [-0.2, 0) is 6.42 Å². The molecule has 1 aliphatic rings. The fourth-order valence-corrected chi connectivity index (χ4v) is 2.71. The number of ether oxygens (including phenoxy) is 1. The van der Waals surface area contributed by atoms with Gasteiger partial charge in [0.1, 0.15) is 17.4 Å². The van der Waals surface area contributed by atoms with E-state index in [1.54, 1.807) is 0 Å². The van der Waals surface area contributed by atoms with E-state index in [9.17, 15) is 0 Å². The molecule has 0 amide bonds. The summed E-state index contributed by atoms with van der Waals surface area (Å²) in [6.07, 6.45) is 2.05. The molecule has 0 saturated heterocycles. The Labute approximate surface area is 125 Å². The standard InChI is InChI=1S/C17H21N3O/c1-4-9-18-17-11(2)15(19-12(3)20-17)14-7-5-6-13-8-10-21-16(13)14/h5-7H,4,8-10H2,1-3H3,(H,18,19,20). The van der Waals surface area contributed by atoms with Crippen LogP contribution in [0.1, 0.15) is 30.3 Å². The van der Waals surface area contributed by atoms with Gasteiger partial charge in [0, 0.05) is 24.1 Å². The number of hydrogen-bond acceptors (Lipinski definition) is 4. The Morgan fingerprint density at radius 2 is 2.10 bits per heavy atom. The summed E-state index contributed by atoms with van der Waals surface area (Å²) in [5, 5.41) is 3.39. The third kappa shape index (κ3) is 2.58. The first kappa shape index (κ1) is 13.9. The highest BCUT2D eigenvalue weighted by molar-refractivity contribution is 5.75. The summed E-state index contributed by atoms with van der Waals surface area (Å²) in [6.45, 7) is 7.83. The van der Waals surface area contributed by atoms with Crippen LogP contribution in [0.4, 0.5) is 5.82 Å². The van der Waals surface area contributed by atoms with Crippen molar-refractivity contribution in [2.75, 3.05) is 18.5 Å². The summed E-state index contributed by atoms with van der Waals surface area (Å²) >= 11 is 0. The highest BCUT2D eigenvalue weighted by Crippen LogP contribution is 2.38. The number of hydrogen-bond donors (Lipinski definition) is 1. The molecule has 1 aromatic carbocycles. The van der Waals surface area contributed by atoms with Crippen LogP contribution in [0.2, 0.25) is 0 Å². The summed E-state index contributed by atoms with van der Waals surface area (Å²) in [4.78, 5) is 9.18. The maximum absolute atomic E-state index is 5.82. The lowest BCUT2D eigenvalue weighted by Gasteiger charge is -2.14. The maximum Gasteiger partial charge on any atom is 0.133 e. The third-order valence-electron chi connectivity index (χ3n) is 3.77. The van der Waals surface area contributed by atoms with Crippen molar-refractivity contribution in [3.63, 3.8) is 0 Å². The van der Waals surface area contributed by atoms with Gasteiger partial charge < -0.3 is 10.1 Å². The Balaban J connectivity index is 2.10. The molecule has 0 spiro atoms. The number of aromatic nitrogens is 2. The largest absolute Gasteiger partial charge is 0.492 e. The zero-order valence-corrected chi connectivity index (χ0v) is 12.9. The number of anilines is 1. The van der Waals surface area contributed by atoms with Crippen LogP contribution in [0.15, 0.2) is 18.2 Å². The fraction of sp³-hybridized carbons (Fsp3) is 0.412. The van der Waals surface area contributed by atoms with E-state index in [0.29, 0.717) is 0 Å². The Morgan fingerprint density at radius 3 is 2.90 bits per heavy atom. The number of fused-ring (bicyclic) bond motifs is 1. The van der Waals surface area contributed by atoms with Crippen LogP contribution >= 0.6 is 0 Å². The van der Waals surface area contributed by atoms with E-state index in [1.165, 1.54) is 5.56 Å². The first-order chi connectivity index (χ1) is 10.2. The number of benzene rings is 1. The Hall–Kier alpha value is -2.10. The zero-order chi connectivity index (χ0) is 14.8. The molecular weight excluding hydrogens is 262 g/mol. The van der Waals surface area contributed by atoms with Gasteiger partial charge in [-0.05, 0) is 31.9 Å². The summed E-state index contributed by atoms with van der Waals surface area (Å²) in [7, 11) is 0. The minimum Gasteiger partial charge on any atom is -0.492 e. The van der Waals surface area contributed by atoms with Crippen LogP contribution in [-0.4, -0.2) is 23.1 Å². The van der Waals surface area contributed by atoms with Crippen LogP contribution in [0, 0.1) is 13.8 Å². The van der Waals surface area contributed by atoms with Gasteiger partial charge in [-0.25, -0.2) is 9.97 Å². The van der Waals surface area contributed by atoms with Crippen LogP contribution in [0.25, 0.3) is 11.3 Å². The van der Waals surface area contributed by atoms with Gasteiger partial charge in [-0.15, -0.1) is 0 Å². The topological polar surface area (TPSA) is 47.0 Å². The van der Waals surface area contributed by atoms with Gasteiger partial charge in [-0.2, -0.15) is 0 Å². The van der Waals surface area contributed by atoms with Crippen molar-refractivity contribution in [2.24, 2.45) is 0 Å². The molecule has 0 bridgehead atoms. The fourth-order valence-electron chi connectivity index (χ4n) is 2.71. The van der Waals surface area contributed by atoms with Gasteiger partial charge in [0.25, 0.3) is 0 Å². The molecule has 110 valence electrons. The lowest BCUT2D eigenvalue weighted by atomic mass is 10.0. The minimum absolute atomic E-state index is 0.760. The highest BCUT2D eigenvalue weighted by atomic mass is 16.5. The first-order valence-corrected chi connectivity index (χ1v) is 7.55. The van der Waals surface area contributed by atoms with Crippen molar-refractivity contribution in [1.29, 1.82) is 0 Å². The molecule has 4 heteroatoms. The molecule has 0 fully saturated rings. The molecule has 0 radical (unpaired) electrons. The van der Waals surface area contributed by atoms with Gasteiger partial charge >= 0.3 is 0 Å². The van der Waals surface area contributed by atoms with Crippen molar-refractivity contribution in [3.05, 3.63) is 35.2 Å². The lowest BCUT2D eigenvalue weighted by Crippen LogP contribution is -2.07. The summed E-state index contributed by atoms with van der Waals surface area (Å²) in [6, 6.07) is 6.30. The zero-order valence-electron chi connectivity index (χ0n) is 12.9. The SMILES string of the molecule is CCCNc1nc(C)nc(-c2cccc3c2OCC3)c1C. The van der Waals surface area contributed by atoms with E-state index in [0.717, 1.165) is 60.2 Å². The van der Waals surface area contributed by atoms with Crippen LogP contribution < -0.4 is 10.1 Å². The Kier molecular flexibility index (Phi) is 3.78. The molecule has 3 rings (SSSR count). The van der Waals surface area contributed by atoms with E-state index in [2.05, 4.69) is 47.3 Å². The number of aryl methyl sites for hydroxylation is 1. The molecule has 2 heterocycles.